The molecular weight excluding hydrogens is 407 g/mol. The minimum Gasteiger partial charge on any atom is -0.496 e. The number of hydrogen-bond donors (Lipinski definition) is 1. The van der Waals surface area contributed by atoms with Gasteiger partial charge in [0.15, 0.2) is 0 Å². The molecule has 0 saturated carbocycles. The highest BCUT2D eigenvalue weighted by Crippen LogP contribution is 2.27. The van der Waals surface area contributed by atoms with Crippen LogP contribution in [0.25, 0.3) is 0 Å². The van der Waals surface area contributed by atoms with Crippen LogP contribution >= 0.6 is 11.6 Å². The molecule has 0 fully saturated rings. The Bertz CT molecular complexity index is 953. The maximum absolute atomic E-state index is 13.5. The molecule has 0 aliphatic rings. The number of para-hydroxylation sites is 1. The van der Waals surface area contributed by atoms with Crippen LogP contribution in [0.2, 0.25) is 5.02 Å². The second-order valence-corrected chi connectivity index (χ2v) is 8.38. The Morgan fingerprint density at radius 3 is 2.54 bits per heavy atom. The summed E-state index contributed by atoms with van der Waals surface area (Å²) in [5.41, 5.74) is 0.872. The van der Waals surface area contributed by atoms with E-state index in [4.69, 9.17) is 16.3 Å². The van der Waals surface area contributed by atoms with E-state index in [0.717, 1.165) is 22.2 Å². The lowest BCUT2D eigenvalue weighted by Crippen LogP contribution is -2.49. The van der Waals surface area contributed by atoms with Crippen LogP contribution in [0.4, 0.5) is 10.1 Å². The van der Waals surface area contributed by atoms with Gasteiger partial charge >= 0.3 is 0 Å². The lowest BCUT2D eigenvalue weighted by atomic mass is 10.1. The Morgan fingerprint density at radius 2 is 1.96 bits per heavy atom. The van der Waals surface area contributed by atoms with Crippen molar-refractivity contribution in [1.82, 2.24) is 5.32 Å². The Labute approximate surface area is 169 Å². The van der Waals surface area contributed by atoms with Crippen LogP contribution in [-0.4, -0.2) is 33.7 Å². The number of methoxy groups -OCH3 is 1. The number of carbonyl (C=O) groups excluding carboxylic acids is 1. The molecule has 1 amide bonds. The van der Waals surface area contributed by atoms with Gasteiger partial charge in [-0.05, 0) is 30.7 Å². The zero-order valence-electron chi connectivity index (χ0n) is 15.8. The minimum atomic E-state index is -3.83. The molecule has 0 saturated heterocycles. The molecule has 0 heterocycles. The van der Waals surface area contributed by atoms with Crippen molar-refractivity contribution in [2.24, 2.45) is 0 Å². The highest BCUT2D eigenvalue weighted by Gasteiger charge is 2.31. The fourth-order valence-electron chi connectivity index (χ4n) is 2.83. The van der Waals surface area contributed by atoms with Crippen LogP contribution in [-0.2, 0) is 21.4 Å². The molecule has 1 N–H and O–H groups in total. The Hall–Kier alpha value is -2.32. The molecule has 0 aliphatic carbocycles. The summed E-state index contributed by atoms with van der Waals surface area (Å²) in [6.07, 6.45) is 1.19. The molecule has 2 rings (SSSR count). The van der Waals surface area contributed by atoms with Gasteiger partial charge in [-0.2, -0.15) is 0 Å². The van der Waals surface area contributed by atoms with E-state index in [1.165, 1.54) is 19.2 Å². The van der Waals surface area contributed by atoms with Crippen LogP contribution in [0, 0.1) is 5.82 Å². The normalized spacial score (nSPS) is 12.3. The zero-order chi connectivity index (χ0) is 20.9. The van der Waals surface area contributed by atoms with Crippen LogP contribution in [0.3, 0.4) is 0 Å². The summed E-state index contributed by atoms with van der Waals surface area (Å²) in [5, 5.41) is 2.51. The Kier molecular flexibility index (Phi) is 7.26. The molecule has 0 spiro atoms. The number of carbonyl (C=O) groups is 1. The Morgan fingerprint density at radius 1 is 1.29 bits per heavy atom. The summed E-state index contributed by atoms with van der Waals surface area (Å²) >= 11 is 5.80. The molecule has 6 nitrogen and oxygen atoms in total. The monoisotopic (exact) mass is 428 g/mol. The first-order valence-corrected chi connectivity index (χ1v) is 10.8. The minimum absolute atomic E-state index is 0.119. The summed E-state index contributed by atoms with van der Waals surface area (Å²) in [7, 11) is -2.31. The van der Waals surface area contributed by atoms with Crippen molar-refractivity contribution < 1.29 is 22.3 Å². The maximum atomic E-state index is 13.5. The van der Waals surface area contributed by atoms with Crippen molar-refractivity contribution in [1.29, 1.82) is 0 Å². The number of hydrogen-bond acceptors (Lipinski definition) is 4. The van der Waals surface area contributed by atoms with Gasteiger partial charge in [-0.3, -0.25) is 9.10 Å². The molecule has 0 aromatic heterocycles. The first-order valence-electron chi connectivity index (χ1n) is 8.53. The highest BCUT2D eigenvalue weighted by molar-refractivity contribution is 7.92. The molecular formula is C19H22ClFN2O4S. The van der Waals surface area contributed by atoms with E-state index in [1.807, 2.05) is 12.1 Å². The summed E-state index contributed by atoms with van der Waals surface area (Å²) in [6.45, 7) is 1.86. The highest BCUT2D eigenvalue weighted by atomic mass is 35.5. The van der Waals surface area contributed by atoms with E-state index >= 15 is 0 Å². The zero-order valence-corrected chi connectivity index (χ0v) is 17.3. The van der Waals surface area contributed by atoms with Crippen LogP contribution in [0.5, 0.6) is 5.75 Å². The number of rotatable bonds is 8. The number of amides is 1. The Balaban J connectivity index is 2.30. The van der Waals surface area contributed by atoms with E-state index in [9.17, 15) is 17.6 Å². The molecule has 9 heteroatoms. The first kappa shape index (κ1) is 22.0. The van der Waals surface area contributed by atoms with Gasteiger partial charge in [0.05, 0.1) is 24.1 Å². The van der Waals surface area contributed by atoms with Crippen molar-refractivity contribution in [2.75, 3.05) is 17.7 Å². The fourth-order valence-corrected chi connectivity index (χ4v) is 4.21. The van der Waals surface area contributed by atoms with E-state index in [-0.39, 0.29) is 23.7 Å². The van der Waals surface area contributed by atoms with E-state index in [1.54, 1.807) is 19.1 Å². The largest absolute Gasteiger partial charge is 0.496 e. The second kappa shape index (κ2) is 9.25. The number of benzene rings is 2. The van der Waals surface area contributed by atoms with Crippen LogP contribution < -0.4 is 14.4 Å². The molecule has 152 valence electrons. The molecule has 1 atom stereocenters. The van der Waals surface area contributed by atoms with Gasteiger partial charge < -0.3 is 10.1 Å². The number of ether oxygens (including phenoxy) is 1. The van der Waals surface area contributed by atoms with Crippen molar-refractivity contribution >= 4 is 33.2 Å². The number of nitrogens with zero attached hydrogens (tertiary/aromatic N) is 1. The molecule has 28 heavy (non-hydrogen) atoms. The van der Waals surface area contributed by atoms with Gasteiger partial charge in [0.1, 0.15) is 17.6 Å². The smallest absolute Gasteiger partial charge is 0.244 e. The summed E-state index contributed by atoms with van der Waals surface area (Å²) in [4.78, 5) is 12.8. The van der Waals surface area contributed by atoms with E-state index in [2.05, 4.69) is 5.32 Å². The number of anilines is 1. The van der Waals surface area contributed by atoms with Gasteiger partial charge in [-0.25, -0.2) is 12.8 Å². The molecule has 2 aromatic rings. The van der Waals surface area contributed by atoms with E-state index in [0.29, 0.717) is 5.75 Å². The SMILES string of the molecule is CC[C@@H](C(=O)NCc1ccccc1OC)N(c1ccc(F)c(Cl)c1)S(C)(=O)=O. The fraction of sp³-hybridized carbons (Fsp3) is 0.316. The van der Waals surface area contributed by atoms with Gasteiger partial charge in [0.2, 0.25) is 15.9 Å². The van der Waals surface area contributed by atoms with Crippen LogP contribution in [0.1, 0.15) is 18.9 Å². The third-order valence-electron chi connectivity index (χ3n) is 4.13. The lowest BCUT2D eigenvalue weighted by molar-refractivity contribution is -0.122. The topological polar surface area (TPSA) is 75.7 Å². The number of nitrogens with one attached hydrogen (secondary N) is 1. The number of halogens is 2. The maximum Gasteiger partial charge on any atom is 0.244 e. The van der Waals surface area contributed by atoms with Crippen molar-refractivity contribution in [2.45, 2.75) is 25.9 Å². The quantitative estimate of drug-likeness (QED) is 0.699. The molecule has 0 unspecified atom stereocenters. The van der Waals surface area contributed by atoms with Gasteiger partial charge in [0, 0.05) is 12.1 Å². The molecule has 0 aliphatic heterocycles. The van der Waals surface area contributed by atoms with E-state index < -0.39 is 27.8 Å². The third-order valence-corrected chi connectivity index (χ3v) is 5.60. The molecule has 2 aromatic carbocycles. The van der Waals surface area contributed by atoms with Crippen molar-refractivity contribution in [3.63, 3.8) is 0 Å². The lowest BCUT2D eigenvalue weighted by Gasteiger charge is -2.30. The average molecular weight is 429 g/mol. The summed E-state index contributed by atoms with van der Waals surface area (Å²) in [5.74, 6) is -0.548. The van der Waals surface area contributed by atoms with Crippen LogP contribution in [0.15, 0.2) is 42.5 Å². The standard InChI is InChI=1S/C19H22ClFN2O4S/c1-4-17(19(24)22-12-13-7-5-6-8-18(13)27-2)23(28(3,25)26)14-9-10-16(21)15(20)11-14/h5-11,17H,4,12H2,1-3H3,(H,22,24)/t17-/m0/s1. The van der Waals surface area contributed by atoms with Gasteiger partial charge in [-0.1, -0.05) is 36.7 Å². The molecule has 0 radical (unpaired) electrons. The number of sulfonamides is 1. The second-order valence-electron chi connectivity index (χ2n) is 6.11. The molecule has 0 bridgehead atoms. The van der Waals surface area contributed by atoms with Crippen molar-refractivity contribution in [3.05, 3.63) is 58.9 Å². The van der Waals surface area contributed by atoms with Gasteiger partial charge in [0.25, 0.3) is 0 Å². The predicted octanol–water partition coefficient (Wildman–Crippen LogP) is 3.35. The summed E-state index contributed by atoms with van der Waals surface area (Å²) in [6, 6.07) is 9.69. The predicted molar refractivity (Wildman–Crippen MR) is 108 cm³/mol. The average Bonchev–Trinajstić information content (AvgIpc) is 2.65. The first-order chi connectivity index (χ1) is 13.2. The van der Waals surface area contributed by atoms with Crippen molar-refractivity contribution in [3.8, 4) is 5.75 Å². The third kappa shape index (κ3) is 5.14. The summed E-state index contributed by atoms with van der Waals surface area (Å²) < 4.78 is 44.5. The van der Waals surface area contributed by atoms with Gasteiger partial charge in [-0.15, -0.1) is 0 Å².